The third-order valence-electron chi connectivity index (χ3n) is 1.91. The molecule has 86 valence electrons. The van der Waals surface area contributed by atoms with Gasteiger partial charge in [-0.25, -0.2) is 0 Å². The summed E-state index contributed by atoms with van der Waals surface area (Å²) in [5.41, 5.74) is 0. The highest BCUT2D eigenvalue weighted by Crippen LogP contribution is 2.40. The molecule has 0 radical (unpaired) electrons. The average Bonchev–Trinajstić information content (AvgIpc) is 2.02. The molecule has 0 aromatic rings. The molecular weight excluding hydrogens is 191 g/mol. The second-order valence-corrected chi connectivity index (χ2v) is 6.77. The van der Waals surface area contributed by atoms with Crippen molar-refractivity contribution in [2.24, 2.45) is 11.8 Å². The van der Waals surface area contributed by atoms with Crippen LogP contribution in [0.4, 0.5) is 0 Å². The maximum absolute atomic E-state index is 5.97. The zero-order chi connectivity index (χ0) is 11.0. The fourth-order valence-electron chi connectivity index (χ4n) is 1.33. The molecule has 0 rings (SSSR count). The molecule has 0 spiro atoms. The van der Waals surface area contributed by atoms with Crippen molar-refractivity contribution in [2.75, 3.05) is 18.9 Å². The van der Waals surface area contributed by atoms with Gasteiger partial charge in [0.2, 0.25) is 0 Å². The van der Waals surface area contributed by atoms with Crippen molar-refractivity contribution in [1.29, 1.82) is 0 Å². The smallest absolute Gasteiger partial charge is 0.0508 e. The summed E-state index contributed by atoms with van der Waals surface area (Å²) >= 11 is 0. The minimum absolute atomic E-state index is 0.151. The zero-order valence-electron chi connectivity index (χ0n) is 10.5. The molecule has 0 saturated carbocycles. The first-order valence-electron chi connectivity index (χ1n) is 5.94. The molecule has 0 amide bonds. The molecule has 0 heterocycles. The number of rotatable bonds is 8. The van der Waals surface area contributed by atoms with E-state index in [0.717, 1.165) is 18.4 Å². The predicted molar refractivity (Wildman–Crippen MR) is 67.2 cm³/mol. The van der Waals surface area contributed by atoms with Crippen molar-refractivity contribution in [3.8, 4) is 0 Å². The van der Waals surface area contributed by atoms with Gasteiger partial charge < -0.3 is 4.52 Å². The summed E-state index contributed by atoms with van der Waals surface area (Å²) in [6.07, 6.45) is 5.01. The summed E-state index contributed by atoms with van der Waals surface area (Å²) < 4.78 is 5.97. The Balaban J connectivity index is 3.72. The van der Waals surface area contributed by atoms with Crippen LogP contribution in [0.2, 0.25) is 0 Å². The fourth-order valence-corrected chi connectivity index (χ4v) is 3.71. The van der Waals surface area contributed by atoms with Gasteiger partial charge in [-0.15, -0.1) is 0 Å². The van der Waals surface area contributed by atoms with Gasteiger partial charge in [0.1, 0.15) is 0 Å². The first kappa shape index (κ1) is 14.4. The van der Waals surface area contributed by atoms with Crippen LogP contribution in [0, 0.1) is 11.8 Å². The van der Waals surface area contributed by atoms with Gasteiger partial charge >= 0.3 is 0 Å². The molecule has 0 unspecified atom stereocenters. The molecule has 0 saturated heterocycles. The van der Waals surface area contributed by atoms with E-state index in [1.807, 2.05) is 0 Å². The van der Waals surface area contributed by atoms with Crippen LogP contribution >= 0.6 is 8.15 Å². The lowest BCUT2D eigenvalue weighted by Gasteiger charge is -2.21. The first-order valence-corrected chi connectivity index (χ1v) is 7.57. The maximum Gasteiger partial charge on any atom is 0.0508 e. The van der Waals surface area contributed by atoms with Crippen LogP contribution in [-0.4, -0.2) is 18.9 Å². The topological polar surface area (TPSA) is 9.23 Å². The average molecular weight is 218 g/mol. The maximum atomic E-state index is 5.97. The van der Waals surface area contributed by atoms with Gasteiger partial charge in [-0.2, -0.15) is 0 Å². The fraction of sp³-hybridized carbons (Fsp3) is 1.00. The van der Waals surface area contributed by atoms with E-state index < -0.39 is 0 Å². The van der Waals surface area contributed by atoms with Gasteiger partial charge in [0.25, 0.3) is 0 Å². The molecule has 0 atom stereocenters. The molecule has 0 aliphatic carbocycles. The van der Waals surface area contributed by atoms with Gasteiger partial charge in [-0.1, -0.05) is 41.0 Å². The van der Waals surface area contributed by atoms with E-state index >= 15 is 0 Å². The normalized spacial score (nSPS) is 12.0. The Hall–Kier alpha value is 0.390. The lowest BCUT2D eigenvalue weighted by atomic mass is 10.3. The summed E-state index contributed by atoms with van der Waals surface area (Å²) in [7, 11) is -0.151. The third kappa shape index (κ3) is 8.97. The Labute approximate surface area is 91.5 Å². The lowest BCUT2D eigenvalue weighted by molar-refractivity contribution is 0.337. The summed E-state index contributed by atoms with van der Waals surface area (Å²) in [6.45, 7) is 12.4. The largest absolute Gasteiger partial charge is 0.359 e. The number of hydrogen-bond donors (Lipinski definition) is 0. The molecule has 1 nitrogen and oxygen atoms in total. The molecular formula is C12H27OP. The minimum Gasteiger partial charge on any atom is -0.359 e. The van der Waals surface area contributed by atoms with Crippen LogP contribution in [-0.2, 0) is 4.52 Å². The Morgan fingerprint density at radius 2 is 1.50 bits per heavy atom. The van der Waals surface area contributed by atoms with Crippen LogP contribution in [0.25, 0.3) is 0 Å². The molecule has 2 heteroatoms. The monoisotopic (exact) mass is 218 g/mol. The second-order valence-electron chi connectivity index (χ2n) is 4.82. The molecule has 0 aliphatic rings. The third-order valence-corrected chi connectivity index (χ3v) is 4.73. The van der Waals surface area contributed by atoms with Crippen LogP contribution in [0.1, 0.15) is 47.5 Å². The van der Waals surface area contributed by atoms with Crippen molar-refractivity contribution < 1.29 is 4.52 Å². The summed E-state index contributed by atoms with van der Waals surface area (Å²) in [6, 6.07) is 0. The zero-order valence-corrected chi connectivity index (χ0v) is 11.4. The van der Waals surface area contributed by atoms with E-state index in [0.29, 0.717) is 0 Å². The molecule has 14 heavy (non-hydrogen) atoms. The Kier molecular flexibility index (Phi) is 8.92. The van der Waals surface area contributed by atoms with Crippen LogP contribution in [0.5, 0.6) is 0 Å². The minimum atomic E-state index is -0.151. The highest BCUT2D eigenvalue weighted by molar-refractivity contribution is 7.52. The molecule has 0 aromatic heterocycles. The van der Waals surface area contributed by atoms with E-state index in [-0.39, 0.29) is 8.15 Å². The predicted octanol–water partition coefficient (Wildman–Crippen LogP) is 4.51. The van der Waals surface area contributed by atoms with Crippen molar-refractivity contribution in [2.45, 2.75) is 47.5 Å². The SMILES string of the molecule is CCCCOP(CC(C)C)CC(C)C. The summed E-state index contributed by atoms with van der Waals surface area (Å²) in [4.78, 5) is 0. The van der Waals surface area contributed by atoms with Crippen LogP contribution in [0.3, 0.4) is 0 Å². The van der Waals surface area contributed by atoms with Gasteiger partial charge in [-0.3, -0.25) is 0 Å². The van der Waals surface area contributed by atoms with Gasteiger partial charge in [0.15, 0.2) is 0 Å². The van der Waals surface area contributed by atoms with Crippen molar-refractivity contribution >= 4 is 8.15 Å². The number of unbranched alkanes of at least 4 members (excludes halogenated alkanes) is 1. The molecule has 0 aliphatic heterocycles. The van der Waals surface area contributed by atoms with Gasteiger partial charge in [-0.05, 0) is 30.6 Å². The van der Waals surface area contributed by atoms with Gasteiger partial charge in [0.05, 0.1) is 6.61 Å². The van der Waals surface area contributed by atoms with Crippen molar-refractivity contribution in [1.82, 2.24) is 0 Å². The molecule has 0 bridgehead atoms. The van der Waals surface area contributed by atoms with Crippen LogP contribution < -0.4 is 0 Å². The van der Waals surface area contributed by atoms with E-state index in [4.69, 9.17) is 4.52 Å². The summed E-state index contributed by atoms with van der Waals surface area (Å²) in [5.74, 6) is 1.56. The molecule has 0 aromatic carbocycles. The van der Waals surface area contributed by atoms with E-state index in [1.54, 1.807) is 0 Å². The Bertz CT molecular complexity index is 113. The standard InChI is InChI=1S/C12H27OP/c1-6-7-8-13-14(9-11(2)3)10-12(4)5/h11-12H,6-10H2,1-5H3. The second kappa shape index (κ2) is 8.68. The Morgan fingerprint density at radius 3 is 1.86 bits per heavy atom. The van der Waals surface area contributed by atoms with E-state index in [1.165, 1.54) is 25.2 Å². The lowest BCUT2D eigenvalue weighted by Crippen LogP contribution is -2.05. The highest BCUT2D eigenvalue weighted by atomic mass is 31.1. The van der Waals surface area contributed by atoms with Crippen LogP contribution in [0.15, 0.2) is 0 Å². The Morgan fingerprint density at radius 1 is 1.00 bits per heavy atom. The highest BCUT2D eigenvalue weighted by Gasteiger charge is 2.12. The summed E-state index contributed by atoms with van der Waals surface area (Å²) in [5, 5.41) is 0. The quantitative estimate of drug-likeness (QED) is 0.430. The number of hydrogen-bond acceptors (Lipinski definition) is 1. The van der Waals surface area contributed by atoms with E-state index in [9.17, 15) is 0 Å². The first-order chi connectivity index (χ1) is 6.56. The van der Waals surface area contributed by atoms with Crippen molar-refractivity contribution in [3.63, 3.8) is 0 Å². The molecule has 0 fully saturated rings. The molecule has 0 N–H and O–H groups in total. The van der Waals surface area contributed by atoms with Crippen molar-refractivity contribution in [3.05, 3.63) is 0 Å². The van der Waals surface area contributed by atoms with Gasteiger partial charge in [0, 0.05) is 8.15 Å². The van der Waals surface area contributed by atoms with E-state index in [2.05, 4.69) is 34.6 Å².